The smallest absolute Gasteiger partial charge is 0.255 e. The zero-order valence-electron chi connectivity index (χ0n) is 15.3. The SMILES string of the molecule is CCOc1ccc(NC(=O)c2cc(Cl)c(OCC(N)=O)c(OC)c2)c(C)c1. The Morgan fingerprint density at radius 1 is 1.19 bits per heavy atom. The van der Waals surface area contributed by atoms with Gasteiger partial charge in [-0.25, -0.2) is 0 Å². The number of aryl methyl sites for hydroxylation is 1. The lowest BCUT2D eigenvalue weighted by Crippen LogP contribution is -2.20. The lowest BCUT2D eigenvalue weighted by atomic mass is 10.1. The predicted octanol–water partition coefficient (Wildman–Crippen LogP) is 3.17. The minimum absolute atomic E-state index is 0.129. The van der Waals surface area contributed by atoms with Crippen molar-refractivity contribution in [2.45, 2.75) is 13.8 Å². The first-order chi connectivity index (χ1) is 12.8. The molecule has 3 N–H and O–H groups in total. The number of carbonyl (C=O) groups excluding carboxylic acids is 2. The molecule has 0 saturated carbocycles. The lowest BCUT2D eigenvalue weighted by Gasteiger charge is -2.14. The fraction of sp³-hybridized carbons (Fsp3) is 0.263. The highest BCUT2D eigenvalue weighted by Gasteiger charge is 2.17. The Morgan fingerprint density at radius 3 is 2.52 bits per heavy atom. The summed E-state index contributed by atoms with van der Waals surface area (Å²) >= 11 is 6.18. The maximum absolute atomic E-state index is 12.6. The Balaban J connectivity index is 2.23. The molecule has 0 atom stereocenters. The molecule has 0 unspecified atom stereocenters. The Labute approximate surface area is 162 Å². The van der Waals surface area contributed by atoms with Gasteiger partial charge < -0.3 is 25.3 Å². The summed E-state index contributed by atoms with van der Waals surface area (Å²) in [5, 5.41) is 2.95. The van der Waals surface area contributed by atoms with Crippen LogP contribution < -0.4 is 25.3 Å². The summed E-state index contributed by atoms with van der Waals surface area (Å²) < 4.78 is 15.9. The first-order valence-electron chi connectivity index (χ1n) is 8.19. The van der Waals surface area contributed by atoms with E-state index in [1.807, 2.05) is 19.9 Å². The molecule has 27 heavy (non-hydrogen) atoms. The number of ether oxygens (including phenoxy) is 3. The van der Waals surface area contributed by atoms with Crippen molar-refractivity contribution in [1.82, 2.24) is 0 Å². The summed E-state index contributed by atoms with van der Waals surface area (Å²) in [6.45, 7) is 3.98. The Kier molecular flexibility index (Phi) is 6.90. The van der Waals surface area contributed by atoms with E-state index in [1.165, 1.54) is 19.2 Å². The van der Waals surface area contributed by atoms with Crippen molar-refractivity contribution in [3.05, 3.63) is 46.5 Å². The highest BCUT2D eigenvalue weighted by Crippen LogP contribution is 2.36. The third kappa shape index (κ3) is 5.27. The van der Waals surface area contributed by atoms with E-state index in [0.717, 1.165) is 11.3 Å². The third-order valence-electron chi connectivity index (χ3n) is 3.61. The molecule has 144 valence electrons. The molecular weight excluding hydrogens is 372 g/mol. The number of methoxy groups -OCH3 is 1. The van der Waals surface area contributed by atoms with Gasteiger partial charge in [-0.3, -0.25) is 9.59 Å². The fourth-order valence-electron chi connectivity index (χ4n) is 2.36. The van der Waals surface area contributed by atoms with Crippen molar-refractivity contribution in [1.29, 1.82) is 0 Å². The monoisotopic (exact) mass is 392 g/mol. The van der Waals surface area contributed by atoms with Gasteiger partial charge >= 0.3 is 0 Å². The van der Waals surface area contributed by atoms with E-state index < -0.39 is 5.91 Å². The maximum atomic E-state index is 12.6. The van der Waals surface area contributed by atoms with Crippen LogP contribution in [0.15, 0.2) is 30.3 Å². The molecule has 2 amide bonds. The number of halogens is 1. The first kappa shape index (κ1) is 20.4. The van der Waals surface area contributed by atoms with Crippen LogP contribution in [-0.4, -0.2) is 32.1 Å². The molecular formula is C19H21ClN2O5. The van der Waals surface area contributed by atoms with Crippen LogP contribution in [0.2, 0.25) is 5.02 Å². The van der Waals surface area contributed by atoms with E-state index in [1.54, 1.807) is 12.1 Å². The highest BCUT2D eigenvalue weighted by atomic mass is 35.5. The standard InChI is InChI=1S/C19H21ClN2O5/c1-4-26-13-5-6-15(11(2)7-13)22-19(24)12-8-14(20)18(16(9-12)25-3)27-10-17(21)23/h5-9H,4,10H2,1-3H3,(H2,21,23)(H,22,24). The molecule has 0 saturated heterocycles. The fourth-order valence-corrected chi connectivity index (χ4v) is 2.63. The molecule has 0 bridgehead atoms. The summed E-state index contributed by atoms with van der Waals surface area (Å²) in [4.78, 5) is 23.5. The zero-order chi connectivity index (χ0) is 20.0. The Hall–Kier alpha value is -2.93. The van der Waals surface area contributed by atoms with Crippen LogP contribution in [0.5, 0.6) is 17.2 Å². The molecule has 2 aromatic rings. The number of rotatable bonds is 8. The van der Waals surface area contributed by atoms with Gasteiger partial charge in [0.25, 0.3) is 11.8 Å². The quantitative estimate of drug-likeness (QED) is 0.718. The first-order valence-corrected chi connectivity index (χ1v) is 8.57. The van der Waals surface area contributed by atoms with E-state index in [0.29, 0.717) is 12.3 Å². The molecule has 0 aliphatic carbocycles. The minimum atomic E-state index is -0.652. The Bertz CT molecular complexity index is 854. The number of nitrogens with two attached hydrogens (primary N) is 1. The number of nitrogens with one attached hydrogen (secondary N) is 1. The third-order valence-corrected chi connectivity index (χ3v) is 3.89. The maximum Gasteiger partial charge on any atom is 0.255 e. The molecule has 0 aromatic heterocycles. The van der Waals surface area contributed by atoms with Gasteiger partial charge in [0.05, 0.1) is 18.7 Å². The van der Waals surface area contributed by atoms with Crippen molar-refractivity contribution in [3.8, 4) is 17.2 Å². The van der Waals surface area contributed by atoms with Crippen molar-refractivity contribution < 1.29 is 23.8 Å². The average molecular weight is 393 g/mol. The predicted molar refractivity (Wildman–Crippen MR) is 103 cm³/mol. The molecule has 0 aliphatic rings. The van der Waals surface area contributed by atoms with Gasteiger partial charge in [-0.05, 0) is 49.7 Å². The van der Waals surface area contributed by atoms with Gasteiger partial charge in [-0.2, -0.15) is 0 Å². The molecule has 0 heterocycles. The Morgan fingerprint density at radius 2 is 1.93 bits per heavy atom. The van der Waals surface area contributed by atoms with E-state index in [4.69, 9.17) is 31.5 Å². The topological polar surface area (TPSA) is 99.9 Å². The summed E-state index contributed by atoms with van der Waals surface area (Å²) in [6.07, 6.45) is 0. The van der Waals surface area contributed by atoms with Crippen LogP contribution in [-0.2, 0) is 4.79 Å². The molecule has 7 nitrogen and oxygen atoms in total. The van der Waals surface area contributed by atoms with Crippen LogP contribution in [0.3, 0.4) is 0 Å². The minimum Gasteiger partial charge on any atom is -0.494 e. The van der Waals surface area contributed by atoms with Gasteiger partial charge in [-0.15, -0.1) is 0 Å². The number of benzene rings is 2. The number of amides is 2. The summed E-state index contributed by atoms with van der Waals surface area (Å²) in [5.41, 5.74) is 6.84. The van der Waals surface area contributed by atoms with Gasteiger partial charge in [0.15, 0.2) is 18.1 Å². The highest BCUT2D eigenvalue weighted by molar-refractivity contribution is 6.32. The van der Waals surface area contributed by atoms with Crippen LogP contribution in [0.1, 0.15) is 22.8 Å². The second kappa shape index (κ2) is 9.14. The van der Waals surface area contributed by atoms with Crippen molar-refractivity contribution in [3.63, 3.8) is 0 Å². The zero-order valence-corrected chi connectivity index (χ0v) is 16.1. The molecule has 2 aromatic carbocycles. The summed E-state index contributed by atoms with van der Waals surface area (Å²) in [6, 6.07) is 8.29. The largest absolute Gasteiger partial charge is 0.494 e. The number of carbonyl (C=O) groups is 2. The van der Waals surface area contributed by atoms with Crippen molar-refractivity contribution in [2.24, 2.45) is 5.73 Å². The molecule has 2 rings (SSSR count). The van der Waals surface area contributed by atoms with E-state index in [9.17, 15) is 9.59 Å². The second-order valence-electron chi connectivity index (χ2n) is 5.61. The van der Waals surface area contributed by atoms with E-state index >= 15 is 0 Å². The molecule has 8 heteroatoms. The second-order valence-corrected chi connectivity index (χ2v) is 6.02. The van der Waals surface area contributed by atoms with Crippen LogP contribution >= 0.6 is 11.6 Å². The average Bonchev–Trinajstić information content (AvgIpc) is 2.62. The van der Waals surface area contributed by atoms with E-state index in [2.05, 4.69) is 5.32 Å². The van der Waals surface area contributed by atoms with E-state index in [-0.39, 0.29) is 34.6 Å². The summed E-state index contributed by atoms with van der Waals surface area (Å²) in [7, 11) is 1.40. The van der Waals surface area contributed by atoms with Gasteiger partial charge in [-0.1, -0.05) is 11.6 Å². The molecule has 0 fully saturated rings. The molecule has 0 aliphatic heterocycles. The lowest BCUT2D eigenvalue weighted by molar-refractivity contribution is -0.119. The number of hydrogen-bond donors (Lipinski definition) is 2. The molecule has 0 spiro atoms. The van der Waals surface area contributed by atoms with Crippen LogP contribution in [0, 0.1) is 6.92 Å². The van der Waals surface area contributed by atoms with Gasteiger partial charge in [0.1, 0.15) is 5.75 Å². The van der Waals surface area contributed by atoms with Gasteiger partial charge in [0, 0.05) is 11.3 Å². The van der Waals surface area contributed by atoms with Crippen molar-refractivity contribution >= 4 is 29.1 Å². The number of hydrogen-bond acceptors (Lipinski definition) is 5. The van der Waals surface area contributed by atoms with Crippen molar-refractivity contribution in [2.75, 3.05) is 25.6 Å². The number of primary amides is 1. The van der Waals surface area contributed by atoms with Gasteiger partial charge in [0.2, 0.25) is 0 Å². The summed E-state index contributed by atoms with van der Waals surface area (Å²) in [5.74, 6) is 0.0718. The normalized spacial score (nSPS) is 10.2. The van der Waals surface area contributed by atoms with Crippen LogP contribution in [0.25, 0.3) is 0 Å². The van der Waals surface area contributed by atoms with Crippen LogP contribution in [0.4, 0.5) is 5.69 Å². The molecule has 0 radical (unpaired) electrons. The number of anilines is 1.